The van der Waals surface area contributed by atoms with E-state index in [-0.39, 0.29) is 6.10 Å². The fraction of sp³-hybridized carbons (Fsp3) is 0.692. The molecule has 0 fully saturated rings. The number of rotatable bonds is 7. The fourth-order valence-electron chi connectivity index (χ4n) is 1.67. The monoisotopic (exact) mass is 252 g/mol. The van der Waals surface area contributed by atoms with Crippen LogP contribution < -0.4 is 15.8 Å². The third kappa shape index (κ3) is 4.87. The summed E-state index contributed by atoms with van der Waals surface area (Å²) in [7, 11) is 0. The second kappa shape index (κ2) is 7.16. The Morgan fingerprint density at radius 3 is 2.67 bits per heavy atom. The van der Waals surface area contributed by atoms with Crippen molar-refractivity contribution in [1.29, 1.82) is 0 Å². The second-order valence-electron chi connectivity index (χ2n) is 4.66. The first-order valence-electron chi connectivity index (χ1n) is 6.54. The molecular weight excluding hydrogens is 228 g/mol. The molecule has 18 heavy (non-hydrogen) atoms. The van der Waals surface area contributed by atoms with Crippen molar-refractivity contribution in [2.45, 2.75) is 52.7 Å². The molecule has 1 atom stereocenters. The van der Waals surface area contributed by atoms with Crippen LogP contribution >= 0.6 is 0 Å². The van der Waals surface area contributed by atoms with Crippen LogP contribution in [0.1, 0.15) is 39.3 Å². The van der Waals surface area contributed by atoms with Crippen molar-refractivity contribution in [2.75, 3.05) is 11.9 Å². The minimum absolute atomic E-state index is 0.109. The molecular formula is C13H24N4O. The lowest BCUT2D eigenvalue weighted by molar-refractivity contribution is 0.232. The third-order valence-electron chi connectivity index (χ3n) is 2.53. The molecule has 1 unspecified atom stereocenters. The van der Waals surface area contributed by atoms with E-state index in [0.29, 0.717) is 24.4 Å². The lowest BCUT2D eigenvalue weighted by Crippen LogP contribution is -2.23. The smallest absolute Gasteiger partial charge is 0.226 e. The average molecular weight is 252 g/mol. The van der Waals surface area contributed by atoms with Crippen molar-refractivity contribution in [1.82, 2.24) is 9.97 Å². The lowest BCUT2D eigenvalue weighted by atomic mass is 10.1. The highest BCUT2D eigenvalue weighted by Gasteiger charge is 2.09. The molecule has 1 heterocycles. The number of nitrogens with two attached hydrogens (primary N) is 1. The van der Waals surface area contributed by atoms with Gasteiger partial charge in [0.05, 0.1) is 6.10 Å². The van der Waals surface area contributed by atoms with Crippen LogP contribution in [-0.2, 0) is 0 Å². The summed E-state index contributed by atoms with van der Waals surface area (Å²) in [4.78, 5) is 8.73. The number of aromatic nitrogens is 2. The van der Waals surface area contributed by atoms with E-state index in [1.54, 1.807) is 0 Å². The van der Waals surface area contributed by atoms with Gasteiger partial charge in [-0.1, -0.05) is 6.92 Å². The lowest BCUT2D eigenvalue weighted by Gasteiger charge is -2.17. The summed E-state index contributed by atoms with van der Waals surface area (Å²) in [5, 5.41) is 3.30. The maximum Gasteiger partial charge on any atom is 0.226 e. The van der Waals surface area contributed by atoms with E-state index in [1.165, 1.54) is 0 Å². The number of aryl methyl sites for hydroxylation is 1. The van der Waals surface area contributed by atoms with Gasteiger partial charge >= 0.3 is 0 Å². The second-order valence-corrected chi connectivity index (χ2v) is 4.66. The Labute approximate surface area is 109 Å². The molecule has 0 saturated carbocycles. The average Bonchev–Trinajstić information content (AvgIpc) is 2.26. The van der Waals surface area contributed by atoms with Crippen LogP contribution in [0.3, 0.4) is 0 Å². The highest BCUT2D eigenvalue weighted by molar-refractivity contribution is 5.31. The molecule has 102 valence electrons. The SMILES string of the molecule is CCC(CCN)Nc1nc(C)cc(OC(C)C)n1. The first-order valence-corrected chi connectivity index (χ1v) is 6.54. The van der Waals surface area contributed by atoms with E-state index >= 15 is 0 Å². The normalized spacial score (nSPS) is 12.6. The molecule has 0 radical (unpaired) electrons. The molecule has 0 amide bonds. The largest absolute Gasteiger partial charge is 0.475 e. The quantitative estimate of drug-likeness (QED) is 0.777. The van der Waals surface area contributed by atoms with Gasteiger partial charge in [0.1, 0.15) is 0 Å². The Balaban J connectivity index is 2.78. The van der Waals surface area contributed by atoms with Gasteiger partial charge in [0.15, 0.2) is 0 Å². The van der Waals surface area contributed by atoms with Gasteiger partial charge in [0.2, 0.25) is 11.8 Å². The van der Waals surface area contributed by atoms with E-state index in [0.717, 1.165) is 18.5 Å². The van der Waals surface area contributed by atoms with Crippen LogP contribution in [0.4, 0.5) is 5.95 Å². The first-order chi connectivity index (χ1) is 8.55. The van der Waals surface area contributed by atoms with Crippen LogP contribution in [0.2, 0.25) is 0 Å². The zero-order valence-electron chi connectivity index (χ0n) is 11.7. The molecule has 0 saturated heterocycles. The van der Waals surface area contributed by atoms with Crippen LogP contribution in [-0.4, -0.2) is 28.7 Å². The molecule has 1 rings (SSSR count). The van der Waals surface area contributed by atoms with Crippen molar-refractivity contribution < 1.29 is 4.74 Å². The summed E-state index contributed by atoms with van der Waals surface area (Å²) in [6, 6.07) is 2.15. The van der Waals surface area contributed by atoms with E-state index in [2.05, 4.69) is 22.2 Å². The van der Waals surface area contributed by atoms with Gasteiger partial charge in [0.25, 0.3) is 0 Å². The van der Waals surface area contributed by atoms with Crippen molar-refractivity contribution in [2.24, 2.45) is 5.73 Å². The number of nitrogens with one attached hydrogen (secondary N) is 1. The van der Waals surface area contributed by atoms with Crippen LogP contribution in [0, 0.1) is 6.92 Å². The van der Waals surface area contributed by atoms with Crippen molar-refractivity contribution in [3.8, 4) is 5.88 Å². The van der Waals surface area contributed by atoms with Gasteiger partial charge < -0.3 is 15.8 Å². The summed E-state index contributed by atoms with van der Waals surface area (Å²) in [6.07, 6.45) is 2.02. The topological polar surface area (TPSA) is 73.1 Å². The molecule has 1 aromatic heterocycles. The predicted molar refractivity (Wildman–Crippen MR) is 73.9 cm³/mol. The molecule has 5 heteroatoms. The summed E-state index contributed by atoms with van der Waals surface area (Å²) in [5.74, 6) is 1.23. The maximum absolute atomic E-state index is 5.60. The van der Waals surface area contributed by atoms with E-state index in [1.807, 2.05) is 26.8 Å². The van der Waals surface area contributed by atoms with Gasteiger partial charge in [-0.05, 0) is 40.2 Å². The number of hydrogen-bond donors (Lipinski definition) is 2. The summed E-state index contributed by atoms with van der Waals surface area (Å²) >= 11 is 0. The summed E-state index contributed by atoms with van der Waals surface area (Å²) in [5.41, 5.74) is 6.47. The zero-order valence-corrected chi connectivity index (χ0v) is 11.7. The van der Waals surface area contributed by atoms with Crippen molar-refractivity contribution in [3.63, 3.8) is 0 Å². The van der Waals surface area contributed by atoms with Gasteiger partial charge in [-0.3, -0.25) is 0 Å². The summed E-state index contributed by atoms with van der Waals surface area (Å²) in [6.45, 7) is 8.67. The van der Waals surface area contributed by atoms with Gasteiger partial charge in [-0.25, -0.2) is 4.98 Å². The highest BCUT2D eigenvalue weighted by Crippen LogP contribution is 2.15. The minimum Gasteiger partial charge on any atom is -0.475 e. The van der Waals surface area contributed by atoms with E-state index < -0.39 is 0 Å². The molecule has 0 aliphatic carbocycles. The Morgan fingerprint density at radius 1 is 1.39 bits per heavy atom. The molecule has 0 spiro atoms. The number of nitrogens with zero attached hydrogens (tertiary/aromatic N) is 2. The minimum atomic E-state index is 0.109. The number of anilines is 1. The predicted octanol–water partition coefficient (Wildman–Crippen LogP) is 2.11. The number of ether oxygens (including phenoxy) is 1. The van der Waals surface area contributed by atoms with Gasteiger partial charge in [0, 0.05) is 17.8 Å². The Kier molecular flexibility index (Phi) is 5.85. The molecule has 0 aliphatic heterocycles. The molecule has 0 aromatic carbocycles. The molecule has 3 N–H and O–H groups in total. The zero-order chi connectivity index (χ0) is 13.5. The Bertz CT molecular complexity index is 368. The standard InChI is InChI=1S/C13H24N4O/c1-5-11(6-7-14)16-13-15-10(4)8-12(17-13)18-9(2)3/h8-9,11H,5-7,14H2,1-4H3,(H,15,16,17). The molecule has 0 aliphatic rings. The third-order valence-corrected chi connectivity index (χ3v) is 2.53. The van der Waals surface area contributed by atoms with E-state index in [4.69, 9.17) is 10.5 Å². The van der Waals surface area contributed by atoms with Crippen LogP contribution in [0.5, 0.6) is 5.88 Å². The highest BCUT2D eigenvalue weighted by atomic mass is 16.5. The van der Waals surface area contributed by atoms with Gasteiger partial charge in [-0.2, -0.15) is 4.98 Å². The number of hydrogen-bond acceptors (Lipinski definition) is 5. The fourth-order valence-corrected chi connectivity index (χ4v) is 1.67. The molecule has 0 bridgehead atoms. The van der Waals surface area contributed by atoms with Crippen molar-refractivity contribution >= 4 is 5.95 Å². The van der Waals surface area contributed by atoms with E-state index in [9.17, 15) is 0 Å². The van der Waals surface area contributed by atoms with Crippen LogP contribution in [0.25, 0.3) is 0 Å². The molecule has 1 aromatic rings. The Morgan fingerprint density at radius 2 is 2.11 bits per heavy atom. The molecule has 5 nitrogen and oxygen atoms in total. The Hall–Kier alpha value is -1.36. The summed E-state index contributed by atoms with van der Waals surface area (Å²) < 4.78 is 5.60. The van der Waals surface area contributed by atoms with Crippen molar-refractivity contribution in [3.05, 3.63) is 11.8 Å². The van der Waals surface area contributed by atoms with Crippen LogP contribution in [0.15, 0.2) is 6.07 Å². The maximum atomic E-state index is 5.60. The van der Waals surface area contributed by atoms with Gasteiger partial charge in [-0.15, -0.1) is 0 Å². The first kappa shape index (κ1) is 14.7.